The lowest BCUT2D eigenvalue weighted by Gasteiger charge is -2.35. The molecule has 0 aliphatic carbocycles. The second-order valence-electron chi connectivity index (χ2n) is 8.15. The lowest BCUT2D eigenvalue weighted by Crippen LogP contribution is -2.51. The van der Waals surface area contributed by atoms with Crippen LogP contribution in [-0.2, 0) is 24.0 Å². The number of aliphatic hydroxyl groups is 1. The van der Waals surface area contributed by atoms with E-state index in [1.165, 1.54) is 0 Å². The summed E-state index contributed by atoms with van der Waals surface area (Å²) < 4.78 is 0. The average molecular weight is 566 g/mol. The summed E-state index contributed by atoms with van der Waals surface area (Å²) in [4.78, 5) is 62.9. The average Bonchev–Trinajstić information content (AvgIpc) is 2.91. The molecule has 0 aromatic heterocycles. The molecular weight excluding hydrogens is 514 g/mol. The maximum Gasteiger partial charge on any atom is 0.320 e. The number of carboxylic acids is 3. The summed E-state index contributed by atoms with van der Waals surface area (Å²) in [5.41, 5.74) is 0. The monoisotopic (exact) mass is 565 g/mol. The largest absolute Gasteiger partial charge is 0.480 e. The summed E-state index contributed by atoms with van der Waals surface area (Å²) in [7, 11) is 2.93. The van der Waals surface area contributed by atoms with E-state index in [-0.39, 0.29) is 45.6 Å². The zero-order valence-electron chi connectivity index (χ0n) is 24.3. The number of hydrogen-bond acceptors (Lipinski definition) is 11. The molecular formula is C25H51N5O9. The molecule has 1 heterocycles. The van der Waals surface area contributed by atoms with Crippen molar-refractivity contribution in [3.63, 3.8) is 0 Å². The van der Waals surface area contributed by atoms with Gasteiger partial charge in [0, 0.05) is 65.9 Å². The highest BCUT2D eigenvalue weighted by molar-refractivity contribution is 5.74. The molecule has 1 atom stereocenters. The third kappa shape index (κ3) is 23.1. The Balaban J connectivity index is -0.00000145. The number of carbonyl (C=O) groups is 5. The summed E-state index contributed by atoms with van der Waals surface area (Å²) in [5, 5.41) is 37.9. The molecule has 0 radical (unpaired) electrons. The first-order valence-corrected chi connectivity index (χ1v) is 13.2. The quantitative estimate of drug-likeness (QED) is 0.179. The van der Waals surface area contributed by atoms with Crippen molar-refractivity contribution < 1.29 is 44.4 Å². The van der Waals surface area contributed by atoms with E-state index >= 15 is 0 Å². The highest BCUT2D eigenvalue weighted by Crippen LogP contribution is 2.09. The Labute approximate surface area is 232 Å². The Morgan fingerprint density at radius 3 is 1.49 bits per heavy atom. The molecule has 14 heteroatoms. The van der Waals surface area contributed by atoms with Crippen molar-refractivity contribution in [1.82, 2.24) is 24.9 Å². The summed E-state index contributed by atoms with van der Waals surface area (Å²) in [6, 6.07) is -0.901. The SMILES string of the molecule is CC.CCNC.CO.O=CCCC(C(=O)O)N1CCN(CC=O)CCN(CC(=O)O)CCN(CC(=O)O)CC1. The van der Waals surface area contributed by atoms with Gasteiger partial charge in [0.15, 0.2) is 0 Å². The normalized spacial score (nSPS) is 16.7. The lowest BCUT2D eigenvalue weighted by atomic mass is 10.1. The van der Waals surface area contributed by atoms with Gasteiger partial charge in [0.1, 0.15) is 18.6 Å². The van der Waals surface area contributed by atoms with Gasteiger partial charge in [0.05, 0.1) is 19.6 Å². The van der Waals surface area contributed by atoms with Crippen LogP contribution in [0.25, 0.3) is 0 Å². The van der Waals surface area contributed by atoms with E-state index in [0.717, 1.165) is 19.9 Å². The Morgan fingerprint density at radius 2 is 1.15 bits per heavy atom. The predicted molar refractivity (Wildman–Crippen MR) is 148 cm³/mol. The number of nitrogens with zero attached hydrogens (tertiary/aromatic N) is 4. The van der Waals surface area contributed by atoms with E-state index in [2.05, 4.69) is 12.2 Å². The second-order valence-corrected chi connectivity index (χ2v) is 8.15. The van der Waals surface area contributed by atoms with E-state index in [1.54, 1.807) is 14.7 Å². The number of aldehydes is 2. The number of hydrogen-bond donors (Lipinski definition) is 5. The first kappa shape index (κ1) is 41.0. The molecule has 0 saturated carbocycles. The van der Waals surface area contributed by atoms with Crippen molar-refractivity contribution in [2.75, 3.05) is 92.7 Å². The molecule has 1 rings (SSSR count). The summed E-state index contributed by atoms with van der Waals surface area (Å²) in [6.07, 6.45) is 1.64. The van der Waals surface area contributed by atoms with Crippen LogP contribution >= 0.6 is 0 Å². The van der Waals surface area contributed by atoms with Gasteiger partial charge in [-0.15, -0.1) is 0 Å². The maximum absolute atomic E-state index is 11.8. The maximum atomic E-state index is 11.8. The molecule has 39 heavy (non-hydrogen) atoms. The molecule has 0 bridgehead atoms. The Hall–Kier alpha value is -2.49. The molecule has 1 aliphatic rings. The fourth-order valence-corrected chi connectivity index (χ4v) is 3.54. The van der Waals surface area contributed by atoms with E-state index in [1.807, 2.05) is 25.8 Å². The van der Waals surface area contributed by atoms with Crippen molar-refractivity contribution in [1.29, 1.82) is 0 Å². The minimum Gasteiger partial charge on any atom is -0.480 e. The van der Waals surface area contributed by atoms with Crippen LogP contribution in [0.15, 0.2) is 0 Å². The minimum atomic E-state index is -1.06. The molecule has 0 aromatic rings. The van der Waals surface area contributed by atoms with Gasteiger partial charge < -0.3 is 35.3 Å². The van der Waals surface area contributed by atoms with Crippen molar-refractivity contribution >= 4 is 30.5 Å². The molecule has 14 nitrogen and oxygen atoms in total. The standard InChI is InChI=1S/C19H32N4O8.C3H9N.C2H6.CH4O/c24-12-1-2-16(19(30)31)23-9-7-20(11-13-25)3-4-21(14-17(26)27)5-6-22(8-10-23)15-18(28)29;1-3-4-2;2*1-2/h12-13,16H,1-11,14-15H2,(H,26,27)(H,28,29)(H,30,31);4H,3H2,1-2H3;1-2H3;2H,1H3. The number of aliphatic hydroxyl groups excluding tert-OH is 1. The van der Waals surface area contributed by atoms with Crippen molar-refractivity contribution in [3.05, 3.63) is 0 Å². The van der Waals surface area contributed by atoms with Crippen LogP contribution in [0.3, 0.4) is 0 Å². The zero-order valence-corrected chi connectivity index (χ0v) is 24.3. The van der Waals surface area contributed by atoms with Gasteiger partial charge in [-0.25, -0.2) is 0 Å². The lowest BCUT2D eigenvalue weighted by molar-refractivity contribution is -0.144. The molecule has 1 aliphatic heterocycles. The summed E-state index contributed by atoms with van der Waals surface area (Å²) in [5.74, 6) is -3.09. The Bertz CT molecular complexity index is 653. The fraction of sp³-hybridized carbons (Fsp3) is 0.800. The van der Waals surface area contributed by atoms with Gasteiger partial charge in [-0.1, -0.05) is 20.8 Å². The fourth-order valence-electron chi connectivity index (χ4n) is 3.54. The third-order valence-electron chi connectivity index (χ3n) is 5.56. The van der Waals surface area contributed by atoms with Gasteiger partial charge in [-0.2, -0.15) is 0 Å². The number of rotatable bonds is 12. The smallest absolute Gasteiger partial charge is 0.320 e. The van der Waals surface area contributed by atoms with Crippen molar-refractivity contribution in [2.24, 2.45) is 0 Å². The van der Waals surface area contributed by atoms with Crippen LogP contribution in [0.2, 0.25) is 0 Å². The van der Waals surface area contributed by atoms with Gasteiger partial charge in [-0.3, -0.25) is 34.0 Å². The second kappa shape index (κ2) is 28.5. The van der Waals surface area contributed by atoms with E-state index in [9.17, 15) is 34.2 Å². The Kier molecular flexibility index (Phi) is 30.0. The zero-order chi connectivity index (χ0) is 30.6. The minimum absolute atomic E-state index is 0.0918. The van der Waals surface area contributed by atoms with Gasteiger partial charge in [-0.05, 0) is 20.0 Å². The Morgan fingerprint density at radius 1 is 0.769 bits per heavy atom. The number of nitrogens with one attached hydrogen (secondary N) is 1. The highest BCUT2D eigenvalue weighted by Gasteiger charge is 2.27. The highest BCUT2D eigenvalue weighted by atomic mass is 16.4. The number of aliphatic carboxylic acids is 3. The molecule has 1 saturated heterocycles. The van der Waals surface area contributed by atoms with E-state index < -0.39 is 23.9 Å². The van der Waals surface area contributed by atoms with Crippen LogP contribution in [0.4, 0.5) is 0 Å². The molecule has 5 N–H and O–H groups in total. The van der Waals surface area contributed by atoms with Gasteiger partial charge in [0.25, 0.3) is 0 Å². The van der Waals surface area contributed by atoms with Crippen LogP contribution in [0.1, 0.15) is 33.6 Å². The number of carbonyl (C=O) groups excluding carboxylic acids is 2. The first-order valence-electron chi connectivity index (χ1n) is 13.2. The topological polar surface area (TPSA) is 191 Å². The van der Waals surface area contributed by atoms with Crippen molar-refractivity contribution in [2.45, 2.75) is 39.7 Å². The molecule has 230 valence electrons. The van der Waals surface area contributed by atoms with Crippen LogP contribution < -0.4 is 5.32 Å². The first-order chi connectivity index (χ1) is 18.7. The molecule has 1 fully saturated rings. The van der Waals surface area contributed by atoms with Gasteiger partial charge in [0.2, 0.25) is 0 Å². The van der Waals surface area contributed by atoms with Crippen LogP contribution in [0.5, 0.6) is 0 Å². The molecule has 0 aromatic carbocycles. The van der Waals surface area contributed by atoms with Gasteiger partial charge >= 0.3 is 17.9 Å². The van der Waals surface area contributed by atoms with Crippen LogP contribution in [0, 0.1) is 0 Å². The molecule has 0 amide bonds. The van der Waals surface area contributed by atoms with Crippen molar-refractivity contribution in [3.8, 4) is 0 Å². The van der Waals surface area contributed by atoms with Crippen LogP contribution in [-0.4, -0.2) is 169 Å². The predicted octanol–water partition coefficient (Wildman–Crippen LogP) is -1.13. The summed E-state index contributed by atoms with van der Waals surface area (Å²) in [6.45, 7) is 9.43. The molecule has 0 spiro atoms. The third-order valence-corrected chi connectivity index (χ3v) is 5.56. The number of carboxylic acid groups (broad SMARTS) is 3. The summed E-state index contributed by atoms with van der Waals surface area (Å²) >= 11 is 0. The van der Waals surface area contributed by atoms with E-state index in [0.29, 0.717) is 45.6 Å². The molecule has 1 unspecified atom stereocenters. The van der Waals surface area contributed by atoms with E-state index in [4.69, 9.17) is 10.2 Å².